The molecule has 33 heavy (non-hydrogen) atoms. The monoisotopic (exact) mass is 481 g/mol. The maximum atomic E-state index is 11.1. The SMILES string of the molecule is COC(=O)CCCCCO[C@H]1O[C@H](C)[C@@H](NC=O)[C@H](O[C@H]2O[C@H](CO)[C@@H](O)[C@H](O)[C@@H]2O)[C@@H]1O. The Morgan fingerprint density at radius 1 is 1.00 bits per heavy atom. The molecule has 13 heteroatoms. The molecule has 2 aliphatic rings. The van der Waals surface area contributed by atoms with E-state index in [0.29, 0.717) is 32.1 Å². The molecule has 0 aromatic rings. The van der Waals surface area contributed by atoms with Gasteiger partial charge in [0.15, 0.2) is 12.6 Å². The van der Waals surface area contributed by atoms with Crippen LogP contribution >= 0.6 is 0 Å². The van der Waals surface area contributed by atoms with E-state index >= 15 is 0 Å². The van der Waals surface area contributed by atoms with Gasteiger partial charge in [0.05, 0.1) is 25.9 Å². The summed E-state index contributed by atoms with van der Waals surface area (Å²) in [6.07, 6.45) is -9.41. The summed E-state index contributed by atoms with van der Waals surface area (Å²) >= 11 is 0. The molecule has 2 saturated heterocycles. The second kappa shape index (κ2) is 13.5. The summed E-state index contributed by atoms with van der Waals surface area (Å²) in [6, 6.07) is -0.857. The predicted molar refractivity (Wildman–Crippen MR) is 108 cm³/mol. The molecule has 0 aromatic heterocycles. The summed E-state index contributed by atoms with van der Waals surface area (Å²) in [5, 5.41) is 52.9. The normalized spacial score (nSPS) is 39.1. The van der Waals surface area contributed by atoms with E-state index < -0.39 is 68.0 Å². The lowest BCUT2D eigenvalue weighted by molar-refractivity contribution is -0.345. The minimum atomic E-state index is -1.68. The topological polar surface area (TPSA) is 193 Å². The highest BCUT2D eigenvalue weighted by molar-refractivity contribution is 5.68. The molecule has 13 nitrogen and oxygen atoms in total. The Labute approximate surface area is 191 Å². The van der Waals surface area contributed by atoms with E-state index in [1.165, 1.54) is 7.11 Å². The standard InChI is InChI=1S/C20H35NO12/c1-10-13(21-9-23)18(33-20-16(27)15(26)14(25)11(8-22)32-20)17(28)19(31-10)30-7-5-3-4-6-12(24)29-2/h9-11,13-20,22,25-28H,3-8H2,1-2H3,(H,21,23)/t10-,11-,13-,14-,15+,16+,17+,18+,19+,20-/m1/s1. The third-order valence-corrected chi connectivity index (χ3v) is 5.76. The molecule has 10 atom stereocenters. The van der Waals surface area contributed by atoms with Crippen LogP contribution in [0.1, 0.15) is 32.6 Å². The van der Waals surface area contributed by atoms with Crippen LogP contribution in [0.25, 0.3) is 0 Å². The Kier molecular flexibility index (Phi) is 11.4. The first kappa shape index (κ1) is 27.8. The lowest BCUT2D eigenvalue weighted by atomic mass is 9.95. The number of aliphatic hydroxyl groups excluding tert-OH is 5. The minimum Gasteiger partial charge on any atom is -0.469 e. The number of aliphatic hydroxyl groups is 5. The molecule has 0 aliphatic carbocycles. The third-order valence-electron chi connectivity index (χ3n) is 5.76. The van der Waals surface area contributed by atoms with Gasteiger partial charge in [0.25, 0.3) is 0 Å². The number of hydrogen-bond donors (Lipinski definition) is 6. The van der Waals surface area contributed by atoms with E-state index in [2.05, 4.69) is 10.1 Å². The number of methoxy groups -OCH3 is 1. The fraction of sp³-hybridized carbons (Fsp3) is 0.900. The summed E-state index contributed by atoms with van der Waals surface area (Å²) < 4.78 is 27.0. The van der Waals surface area contributed by atoms with Crippen LogP contribution in [0, 0.1) is 0 Å². The molecule has 192 valence electrons. The second-order valence-corrected chi connectivity index (χ2v) is 8.07. The predicted octanol–water partition coefficient (Wildman–Crippen LogP) is -2.86. The van der Waals surface area contributed by atoms with E-state index in [9.17, 15) is 35.1 Å². The summed E-state index contributed by atoms with van der Waals surface area (Å²) in [4.78, 5) is 22.2. The quantitative estimate of drug-likeness (QED) is 0.0950. The average Bonchev–Trinajstić information content (AvgIpc) is 2.80. The molecule has 0 saturated carbocycles. The second-order valence-electron chi connectivity index (χ2n) is 8.07. The van der Waals surface area contributed by atoms with Gasteiger partial charge in [0.1, 0.15) is 36.6 Å². The maximum Gasteiger partial charge on any atom is 0.305 e. The molecule has 1 amide bonds. The zero-order valence-corrected chi connectivity index (χ0v) is 18.7. The molecule has 2 rings (SSSR count). The highest BCUT2D eigenvalue weighted by Crippen LogP contribution is 2.29. The van der Waals surface area contributed by atoms with Gasteiger partial charge in [-0.3, -0.25) is 9.59 Å². The average molecular weight is 481 g/mol. The number of amides is 1. The van der Waals surface area contributed by atoms with E-state index in [1.54, 1.807) is 6.92 Å². The number of ether oxygens (including phenoxy) is 5. The first-order valence-electron chi connectivity index (χ1n) is 10.9. The Hall–Kier alpha value is -1.42. The fourth-order valence-electron chi connectivity index (χ4n) is 3.81. The molecule has 0 aromatic carbocycles. The van der Waals surface area contributed by atoms with Crippen molar-refractivity contribution in [1.82, 2.24) is 5.32 Å². The number of carbonyl (C=O) groups excluding carboxylic acids is 2. The number of unbranched alkanes of at least 4 members (excludes halogenated alkanes) is 2. The molecule has 6 N–H and O–H groups in total. The van der Waals surface area contributed by atoms with E-state index in [1.807, 2.05) is 0 Å². The van der Waals surface area contributed by atoms with Crippen LogP contribution < -0.4 is 5.32 Å². The largest absolute Gasteiger partial charge is 0.469 e. The maximum absolute atomic E-state index is 11.1. The van der Waals surface area contributed by atoms with Crippen molar-refractivity contribution in [2.75, 3.05) is 20.3 Å². The van der Waals surface area contributed by atoms with Crippen LogP contribution in [0.5, 0.6) is 0 Å². The van der Waals surface area contributed by atoms with Crippen LogP contribution in [0.4, 0.5) is 0 Å². The molecule has 0 unspecified atom stereocenters. The van der Waals surface area contributed by atoms with Gasteiger partial charge in [-0.25, -0.2) is 0 Å². The van der Waals surface area contributed by atoms with Crippen LogP contribution in [0.2, 0.25) is 0 Å². The van der Waals surface area contributed by atoms with Crippen molar-refractivity contribution in [2.24, 2.45) is 0 Å². The van der Waals surface area contributed by atoms with Crippen LogP contribution in [0.15, 0.2) is 0 Å². The van der Waals surface area contributed by atoms with E-state index in [4.69, 9.17) is 18.9 Å². The number of hydrogen-bond acceptors (Lipinski definition) is 12. The van der Waals surface area contributed by atoms with Crippen molar-refractivity contribution in [3.63, 3.8) is 0 Å². The van der Waals surface area contributed by atoms with Gasteiger partial charge >= 0.3 is 5.97 Å². The Morgan fingerprint density at radius 2 is 1.73 bits per heavy atom. The number of carbonyl (C=O) groups is 2. The van der Waals surface area contributed by atoms with Crippen molar-refractivity contribution < 1.29 is 58.8 Å². The van der Waals surface area contributed by atoms with E-state index in [-0.39, 0.29) is 12.6 Å². The Morgan fingerprint density at radius 3 is 2.36 bits per heavy atom. The zero-order valence-electron chi connectivity index (χ0n) is 18.7. The lowest BCUT2D eigenvalue weighted by Crippen LogP contribution is -2.66. The van der Waals surface area contributed by atoms with Crippen LogP contribution in [-0.4, -0.2) is 120 Å². The van der Waals surface area contributed by atoms with Crippen LogP contribution in [-0.2, 0) is 33.3 Å². The molecule has 2 fully saturated rings. The first-order valence-corrected chi connectivity index (χ1v) is 10.9. The molecule has 0 bridgehead atoms. The van der Waals surface area contributed by atoms with Gasteiger partial charge in [-0.05, 0) is 19.8 Å². The van der Waals surface area contributed by atoms with Gasteiger partial charge in [0.2, 0.25) is 6.41 Å². The first-order chi connectivity index (χ1) is 15.7. The van der Waals surface area contributed by atoms with Gasteiger partial charge in [-0.15, -0.1) is 0 Å². The highest BCUT2D eigenvalue weighted by Gasteiger charge is 2.50. The molecule has 0 radical (unpaired) electrons. The van der Waals surface area contributed by atoms with Crippen LogP contribution in [0.3, 0.4) is 0 Å². The smallest absolute Gasteiger partial charge is 0.305 e. The molecular formula is C20H35NO12. The zero-order chi connectivity index (χ0) is 24.5. The van der Waals surface area contributed by atoms with E-state index in [0.717, 1.165) is 0 Å². The van der Waals surface area contributed by atoms with Gasteiger partial charge < -0.3 is 54.5 Å². The molecule has 2 aliphatic heterocycles. The van der Waals surface area contributed by atoms with Crippen molar-refractivity contribution >= 4 is 12.4 Å². The lowest BCUT2D eigenvalue weighted by Gasteiger charge is -2.46. The van der Waals surface area contributed by atoms with Gasteiger partial charge in [-0.2, -0.15) is 0 Å². The molecular weight excluding hydrogens is 446 g/mol. The van der Waals surface area contributed by atoms with Crippen molar-refractivity contribution in [2.45, 2.75) is 94.0 Å². The van der Waals surface area contributed by atoms with Crippen molar-refractivity contribution in [3.05, 3.63) is 0 Å². The fourth-order valence-corrected chi connectivity index (χ4v) is 3.81. The Balaban J connectivity index is 1.99. The Bertz CT molecular complexity index is 608. The summed E-state index contributed by atoms with van der Waals surface area (Å²) in [5.74, 6) is -0.294. The number of rotatable bonds is 12. The van der Waals surface area contributed by atoms with Gasteiger partial charge in [-0.1, -0.05) is 6.42 Å². The molecule has 0 spiro atoms. The number of esters is 1. The summed E-state index contributed by atoms with van der Waals surface area (Å²) in [6.45, 7) is 1.20. The summed E-state index contributed by atoms with van der Waals surface area (Å²) in [5.41, 5.74) is 0. The minimum absolute atomic E-state index is 0.216. The summed E-state index contributed by atoms with van der Waals surface area (Å²) in [7, 11) is 1.32. The number of nitrogens with one attached hydrogen (secondary N) is 1. The molecule has 2 heterocycles. The third kappa shape index (κ3) is 7.28. The van der Waals surface area contributed by atoms with Gasteiger partial charge in [0, 0.05) is 13.0 Å². The van der Waals surface area contributed by atoms with Crippen molar-refractivity contribution in [3.8, 4) is 0 Å². The van der Waals surface area contributed by atoms with Crippen molar-refractivity contribution in [1.29, 1.82) is 0 Å². The highest BCUT2D eigenvalue weighted by atomic mass is 16.7.